The summed E-state index contributed by atoms with van der Waals surface area (Å²) in [6.07, 6.45) is 0.704. The molecule has 3 nitrogen and oxygen atoms in total. The van der Waals surface area contributed by atoms with Gasteiger partial charge >= 0.3 is 6.18 Å². The minimum absolute atomic E-state index is 0.0565. The van der Waals surface area contributed by atoms with Gasteiger partial charge in [0.2, 0.25) is 0 Å². The minimum atomic E-state index is -4.77. The van der Waals surface area contributed by atoms with Crippen molar-refractivity contribution >= 4 is 17.3 Å². The number of alkyl halides is 3. The Hall–Kier alpha value is -2.44. The molecule has 1 aromatic heterocycles. The normalized spacial score (nSPS) is 21.1. The van der Waals surface area contributed by atoms with Gasteiger partial charge in [0.1, 0.15) is 11.6 Å². The van der Waals surface area contributed by atoms with Crippen molar-refractivity contribution in [3.63, 3.8) is 0 Å². The van der Waals surface area contributed by atoms with Crippen LogP contribution in [0.5, 0.6) is 0 Å². The molecule has 0 saturated heterocycles. The zero-order valence-corrected chi connectivity index (χ0v) is 14.7. The predicted molar refractivity (Wildman–Crippen MR) is 92.9 cm³/mol. The van der Waals surface area contributed by atoms with E-state index in [-0.39, 0.29) is 23.3 Å². The Morgan fingerprint density at radius 3 is 2.33 bits per heavy atom. The molecule has 7 heteroatoms. The topological polar surface area (TPSA) is 42.0 Å². The number of hydrogen-bond acceptors (Lipinski definition) is 3. The maximum atomic E-state index is 13.5. The van der Waals surface area contributed by atoms with Crippen LogP contribution in [0.1, 0.15) is 71.5 Å². The summed E-state index contributed by atoms with van der Waals surface area (Å²) < 4.78 is 52.5. The number of Topliss-reactive ketones (excluding diaryl/α,β-unsaturated/α-hetero) is 1. The third-order valence-corrected chi connectivity index (χ3v) is 5.62. The number of rotatable bonds is 3. The first-order valence-electron chi connectivity index (χ1n) is 8.93. The number of carbonyl (C=O) groups excluding carboxylic acids is 1. The molecule has 0 radical (unpaired) electrons. The Morgan fingerprint density at radius 1 is 1.11 bits per heavy atom. The van der Waals surface area contributed by atoms with E-state index in [9.17, 15) is 22.4 Å². The summed E-state index contributed by atoms with van der Waals surface area (Å²) in [4.78, 5) is 16.4. The number of aromatic nitrogens is 1. The van der Waals surface area contributed by atoms with Crippen LogP contribution in [0, 0.1) is 5.82 Å². The molecule has 2 bridgehead atoms. The van der Waals surface area contributed by atoms with Crippen LogP contribution >= 0.6 is 0 Å². The molecule has 1 heterocycles. The highest BCUT2D eigenvalue weighted by atomic mass is 19.4. The van der Waals surface area contributed by atoms with Crippen molar-refractivity contribution in [1.82, 2.24) is 4.98 Å². The highest BCUT2D eigenvalue weighted by molar-refractivity contribution is 5.96. The van der Waals surface area contributed by atoms with Gasteiger partial charge in [-0.15, -0.1) is 0 Å². The lowest BCUT2D eigenvalue weighted by atomic mass is 9.66. The van der Waals surface area contributed by atoms with Crippen LogP contribution in [0.3, 0.4) is 0 Å². The number of pyridine rings is 1. The van der Waals surface area contributed by atoms with Gasteiger partial charge in [0.25, 0.3) is 0 Å². The summed E-state index contributed by atoms with van der Waals surface area (Å²) in [7, 11) is 0. The van der Waals surface area contributed by atoms with Gasteiger partial charge in [-0.3, -0.25) is 4.79 Å². The van der Waals surface area contributed by atoms with Crippen molar-refractivity contribution in [2.45, 2.75) is 50.6 Å². The minimum Gasteiger partial charge on any atom is -0.340 e. The van der Waals surface area contributed by atoms with Crippen LogP contribution < -0.4 is 5.32 Å². The van der Waals surface area contributed by atoms with E-state index in [2.05, 4.69) is 10.3 Å². The Kier molecular flexibility index (Phi) is 4.20. The molecule has 0 atom stereocenters. The molecule has 0 spiro atoms. The summed E-state index contributed by atoms with van der Waals surface area (Å²) in [5.41, 5.74) is 1.32. The monoisotopic (exact) mass is 378 g/mol. The molecule has 5 rings (SSSR count). The molecule has 27 heavy (non-hydrogen) atoms. The lowest BCUT2D eigenvalue weighted by Gasteiger charge is -2.40. The molecule has 2 aromatic rings. The van der Waals surface area contributed by atoms with E-state index in [0.29, 0.717) is 11.4 Å². The number of nitrogens with one attached hydrogen (secondary N) is 1. The first kappa shape index (κ1) is 17.9. The number of benzene rings is 1. The van der Waals surface area contributed by atoms with Crippen molar-refractivity contribution in [3.8, 4) is 0 Å². The average Bonchev–Trinajstić information content (AvgIpc) is 2.63. The zero-order valence-electron chi connectivity index (χ0n) is 14.7. The van der Waals surface area contributed by atoms with Crippen LogP contribution in [0.15, 0.2) is 24.4 Å². The van der Waals surface area contributed by atoms with E-state index in [1.807, 2.05) is 0 Å². The number of ketones is 1. The Balaban J connectivity index is 1.79. The van der Waals surface area contributed by atoms with E-state index in [0.717, 1.165) is 48.9 Å². The second-order valence-corrected chi connectivity index (χ2v) is 7.27. The summed E-state index contributed by atoms with van der Waals surface area (Å²) in [6, 6.07) is 2.82. The molecule has 3 aliphatic rings. The standard InChI is InChI=1S/C20H18F4N2O/c1-10(27)14-9-25-19(18-12-4-2-11(3-5-12)17(14)18)26-13-6-7-16(21)15(8-13)20(22,23)24/h6-9,11-12H,2-5H2,1H3,(H,25,26). The maximum absolute atomic E-state index is 13.5. The molecule has 0 amide bonds. The number of nitrogens with zero attached hydrogens (tertiary/aromatic N) is 1. The second-order valence-electron chi connectivity index (χ2n) is 7.27. The SMILES string of the molecule is CC(=O)c1cnc(Nc2ccc(F)c(C(F)(F)F)c2)c2c1C1CCC2CC1. The van der Waals surface area contributed by atoms with Crippen LogP contribution in [0.2, 0.25) is 0 Å². The first-order chi connectivity index (χ1) is 12.8. The second kappa shape index (κ2) is 6.32. The van der Waals surface area contributed by atoms with Crippen molar-refractivity contribution in [1.29, 1.82) is 0 Å². The van der Waals surface area contributed by atoms with Gasteiger partial charge in [0.05, 0.1) is 5.56 Å². The van der Waals surface area contributed by atoms with Crippen LogP contribution in [0.25, 0.3) is 0 Å². The van der Waals surface area contributed by atoms with Gasteiger partial charge < -0.3 is 5.32 Å². The summed E-state index contributed by atoms with van der Waals surface area (Å²) in [5.74, 6) is -0.384. The Morgan fingerprint density at radius 2 is 1.74 bits per heavy atom. The highest BCUT2D eigenvalue weighted by Crippen LogP contribution is 2.52. The zero-order chi connectivity index (χ0) is 19.3. The maximum Gasteiger partial charge on any atom is 0.419 e. The highest BCUT2D eigenvalue weighted by Gasteiger charge is 2.38. The molecule has 3 aliphatic carbocycles. The van der Waals surface area contributed by atoms with Crippen LogP contribution in [-0.2, 0) is 6.18 Å². The predicted octanol–water partition coefficient (Wildman–Crippen LogP) is 5.94. The number of halogens is 4. The lowest BCUT2D eigenvalue weighted by Crippen LogP contribution is -2.26. The molecular weight excluding hydrogens is 360 g/mol. The van der Waals surface area contributed by atoms with Gasteiger partial charge in [-0.2, -0.15) is 13.2 Å². The lowest BCUT2D eigenvalue weighted by molar-refractivity contribution is -0.139. The van der Waals surface area contributed by atoms with Crippen LogP contribution in [0.4, 0.5) is 29.1 Å². The van der Waals surface area contributed by atoms with E-state index in [1.165, 1.54) is 19.2 Å². The number of anilines is 2. The van der Waals surface area contributed by atoms with Crippen molar-refractivity contribution < 1.29 is 22.4 Å². The van der Waals surface area contributed by atoms with E-state index < -0.39 is 17.6 Å². The fourth-order valence-electron chi connectivity index (χ4n) is 4.40. The molecule has 0 aliphatic heterocycles. The number of fused-ring (bicyclic) bond motifs is 2. The number of hydrogen-bond donors (Lipinski definition) is 1. The van der Waals surface area contributed by atoms with Crippen molar-refractivity contribution in [2.24, 2.45) is 0 Å². The van der Waals surface area contributed by atoms with Crippen molar-refractivity contribution in [3.05, 3.63) is 52.5 Å². The van der Waals surface area contributed by atoms with E-state index >= 15 is 0 Å². The Labute approximate surface area is 153 Å². The first-order valence-corrected chi connectivity index (χ1v) is 8.93. The van der Waals surface area contributed by atoms with Crippen LogP contribution in [-0.4, -0.2) is 10.8 Å². The molecule has 1 aromatic carbocycles. The largest absolute Gasteiger partial charge is 0.419 e. The summed E-state index contributed by atoms with van der Waals surface area (Å²) >= 11 is 0. The molecular formula is C20H18F4N2O. The quantitative estimate of drug-likeness (QED) is 0.531. The fraction of sp³-hybridized carbons (Fsp3) is 0.400. The third kappa shape index (κ3) is 3.09. The average molecular weight is 378 g/mol. The van der Waals surface area contributed by atoms with Gasteiger partial charge in [-0.25, -0.2) is 9.37 Å². The molecule has 1 saturated carbocycles. The van der Waals surface area contributed by atoms with Gasteiger partial charge in [-0.1, -0.05) is 0 Å². The molecule has 1 fully saturated rings. The Bertz CT molecular complexity index is 915. The van der Waals surface area contributed by atoms with E-state index in [4.69, 9.17) is 0 Å². The van der Waals surface area contributed by atoms with Crippen molar-refractivity contribution in [2.75, 3.05) is 5.32 Å². The number of carbonyl (C=O) groups is 1. The third-order valence-electron chi connectivity index (χ3n) is 5.62. The van der Waals surface area contributed by atoms with Gasteiger partial charge in [0, 0.05) is 23.0 Å². The summed E-state index contributed by atoms with van der Waals surface area (Å²) in [6.45, 7) is 1.50. The summed E-state index contributed by atoms with van der Waals surface area (Å²) in [5, 5.41) is 2.93. The van der Waals surface area contributed by atoms with Gasteiger partial charge in [0.15, 0.2) is 5.78 Å². The smallest absolute Gasteiger partial charge is 0.340 e. The van der Waals surface area contributed by atoms with Gasteiger partial charge in [-0.05, 0) is 68.2 Å². The fourth-order valence-corrected chi connectivity index (χ4v) is 4.40. The molecule has 1 N–H and O–H groups in total. The van der Waals surface area contributed by atoms with E-state index in [1.54, 1.807) is 0 Å². The molecule has 142 valence electrons. The molecule has 0 unspecified atom stereocenters.